The van der Waals surface area contributed by atoms with Crippen LogP contribution in [0.25, 0.3) is 11.4 Å². The number of anilines is 1. The van der Waals surface area contributed by atoms with Crippen LogP contribution in [0, 0.1) is 0 Å². The van der Waals surface area contributed by atoms with Gasteiger partial charge < -0.3 is 14.3 Å². The third kappa shape index (κ3) is 2.49. The van der Waals surface area contributed by atoms with E-state index in [4.69, 9.17) is 4.42 Å². The molecular weight excluding hydrogens is 240 g/mol. The summed E-state index contributed by atoms with van der Waals surface area (Å²) in [5.74, 6) is 1.76. The van der Waals surface area contributed by atoms with Gasteiger partial charge in [0.1, 0.15) is 12.1 Å². The number of benzene rings is 1. The molecule has 0 unspecified atom stereocenters. The minimum absolute atomic E-state index is 0.662. The Balaban J connectivity index is 1.78. The second-order valence-corrected chi connectivity index (χ2v) is 4.28. The number of nitrogens with zero attached hydrogens (tertiary/aromatic N) is 3. The lowest BCUT2D eigenvalue weighted by Crippen LogP contribution is -1.98. The first-order valence-electron chi connectivity index (χ1n) is 6.03. The molecule has 0 atom stereocenters. The molecule has 0 saturated heterocycles. The molecule has 0 aliphatic heterocycles. The normalized spacial score (nSPS) is 10.6. The maximum absolute atomic E-state index is 5.29. The van der Waals surface area contributed by atoms with Gasteiger partial charge in [0, 0.05) is 18.3 Å². The predicted molar refractivity (Wildman–Crippen MR) is 72.5 cm³/mol. The minimum atomic E-state index is 0.662. The standard InChI is InChI=1S/C14H14N4O/c1-18-10-16-17-14(18)11-4-2-5-12(8-11)15-9-13-6-3-7-19-13/h2-8,10,15H,9H2,1H3. The number of aryl methyl sites for hydroxylation is 1. The second kappa shape index (κ2) is 4.97. The first-order chi connectivity index (χ1) is 9.33. The Labute approximate surface area is 110 Å². The van der Waals surface area contributed by atoms with E-state index in [1.165, 1.54) is 0 Å². The van der Waals surface area contributed by atoms with E-state index in [0.717, 1.165) is 22.8 Å². The lowest BCUT2D eigenvalue weighted by molar-refractivity contribution is 0.518. The zero-order valence-corrected chi connectivity index (χ0v) is 10.6. The Bertz CT molecular complexity index is 658. The molecule has 0 fully saturated rings. The van der Waals surface area contributed by atoms with Crippen LogP contribution in [0.3, 0.4) is 0 Å². The molecule has 0 saturated carbocycles. The van der Waals surface area contributed by atoms with Gasteiger partial charge in [0.05, 0.1) is 12.8 Å². The Morgan fingerprint density at radius 2 is 2.21 bits per heavy atom. The van der Waals surface area contributed by atoms with Crippen LogP contribution >= 0.6 is 0 Å². The van der Waals surface area contributed by atoms with E-state index in [1.807, 2.05) is 48.0 Å². The highest BCUT2D eigenvalue weighted by Crippen LogP contribution is 2.20. The average molecular weight is 254 g/mol. The van der Waals surface area contributed by atoms with Gasteiger partial charge in [-0.25, -0.2) is 0 Å². The summed E-state index contributed by atoms with van der Waals surface area (Å²) in [6.45, 7) is 0.662. The molecule has 3 aromatic rings. The van der Waals surface area contributed by atoms with E-state index in [0.29, 0.717) is 6.54 Å². The van der Waals surface area contributed by atoms with E-state index < -0.39 is 0 Å². The topological polar surface area (TPSA) is 55.9 Å². The van der Waals surface area contributed by atoms with Gasteiger partial charge in [0.2, 0.25) is 0 Å². The lowest BCUT2D eigenvalue weighted by atomic mass is 10.2. The van der Waals surface area contributed by atoms with Gasteiger partial charge in [-0.1, -0.05) is 12.1 Å². The largest absolute Gasteiger partial charge is 0.467 e. The molecule has 0 spiro atoms. The van der Waals surface area contributed by atoms with E-state index >= 15 is 0 Å². The van der Waals surface area contributed by atoms with Gasteiger partial charge in [-0.3, -0.25) is 0 Å². The van der Waals surface area contributed by atoms with Crippen molar-refractivity contribution in [1.29, 1.82) is 0 Å². The van der Waals surface area contributed by atoms with Crippen molar-refractivity contribution in [2.45, 2.75) is 6.54 Å². The first kappa shape index (κ1) is 11.5. The number of furan rings is 1. The molecule has 5 nitrogen and oxygen atoms in total. The van der Waals surface area contributed by atoms with Crippen LogP contribution in [0.1, 0.15) is 5.76 Å². The van der Waals surface area contributed by atoms with Gasteiger partial charge in [-0.2, -0.15) is 0 Å². The van der Waals surface area contributed by atoms with E-state index in [-0.39, 0.29) is 0 Å². The van der Waals surface area contributed by atoms with Crippen molar-refractivity contribution in [3.8, 4) is 11.4 Å². The molecule has 3 rings (SSSR count). The Kier molecular flexibility index (Phi) is 3.02. The van der Waals surface area contributed by atoms with Gasteiger partial charge in [-0.05, 0) is 24.3 Å². The maximum atomic E-state index is 5.29. The highest BCUT2D eigenvalue weighted by atomic mass is 16.3. The van der Waals surface area contributed by atoms with Crippen LogP contribution < -0.4 is 5.32 Å². The van der Waals surface area contributed by atoms with Crippen LogP contribution in [-0.2, 0) is 13.6 Å². The SMILES string of the molecule is Cn1cnnc1-c1cccc(NCc2ccco2)c1. The molecule has 96 valence electrons. The van der Waals surface area contributed by atoms with Crippen molar-refractivity contribution in [1.82, 2.24) is 14.8 Å². The zero-order chi connectivity index (χ0) is 13.1. The third-order valence-corrected chi connectivity index (χ3v) is 2.88. The summed E-state index contributed by atoms with van der Waals surface area (Å²) >= 11 is 0. The van der Waals surface area contributed by atoms with Crippen molar-refractivity contribution in [2.75, 3.05) is 5.32 Å². The zero-order valence-electron chi connectivity index (χ0n) is 10.6. The molecule has 5 heteroatoms. The number of hydrogen-bond acceptors (Lipinski definition) is 4. The fourth-order valence-corrected chi connectivity index (χ4v) is 1.92. The van der Waals surface area contributed by atoms with Crippen molar-refractivity contribution in [3.63, 3.8) is 0 Å². The van der Waals surface area contributed by atoms with Crippen molar-refractivity contribution in [2.24, 2.45) is 7.05 Å². The monoisotopic (exact) mass is 254 g/mol. The van der Waals surface area contributed by atoms with E-state index in [1.54, 1.807) is 12.6 Å². The quantitative estimate of drug-likeness (QED) is 0.777. The van der Waals surface area contributed by atoms with Crippen LogP contribution in [0.2, 0.25) is 0 Å². The Hall–Kier alpha value is -2.56. The van der Waals surface area contributed by atoms with Gasteiger partial charge in [0.15, 0.2) is 5.82 Å². The molecule has 2 aromatic heterocycles. The molecule has 0 aliphatic rings. The fourth-order valence-electron chi connectivity index (χ4n) is 1.92. The Morgan fingerprint density at radius 1 is 1.26 bits per heavy atom. The molecule has 0 aliphatic carbocycles. The molecule has 0 radical (unpaired) electrons. The van der Waals surface area contributed by atoms with Crippen molar-refractivity contribution in [3.05, 3.63) is 54.7 Å². The highest BCUT2D eigenvalue weighted by molar-refractivity contribution is 5.62. The second-order valence-electron chi connectivity index (χ2n) is 4.28. The van der Waals surface area contributed by atoms with Crippen LogP contribution in [0.15, 0.2) is 53.4 Å². The predicted octanol–water partition coefficient (Wildman–Crippen LogP) is 2.69. The molecular formula is C14H14N4O. The first-order valence-corrected chi connectivity index (χ1v) is 6.03. The van der Waals surface area contributed by atoms with Crippen LogP contribution in [0.5, 0.6) is 0 Å². The van der Waals surface area contributed by atoms with Crippen LogP contribution in [-0.4, -0.2) is 14.8 Å². The summed E-state index contributed by atoms with van der Waals surface area (Å²) < 4.78 is 7.18. The van der Waals surface area contributed by atoms with Gasteiger partial charge >= 0.3 is 0 Å². The molecule has 1 N–H and O–H groups in total. The smallest absolute Gasteiger partial charge is 0.163 e. The maximum Gasteiger partial charge on any atom is 0.163 e. The molecule has 0 bridgehead atoms. The minimum Gasteiger partial charge on any atom is -0.467 e. The Morgan fingerprint density at radius 3 is 2.95 bits per heavy atom. The number of aromatic nitrogens is 3. The van der Waals surface area contributed by atoms with E-state index in [2.05, 4.69) is 15.5 Å². The highest BCUT2D eigenvalue weighted by Gasteiger charge is 2.05. The summed E-state index contributed by atoms with van der Waals surface area (Å²) in [7, 11) is 1.93. The number of hydrogen-bond donors (Lipinski definition) is 1. The lowest BCUT2D eigenvalue weighted by Gasteiger charge is -2.06. The summed E-state index contributed by atoms with van der Waals surface area (Å²) in [6, 6.07) is 11.9. The molecule has 19 heavy (non-hydrogen) atoms. The van der Waals surface area contributed by atoms with Crippen molar-refractivity contribution < 1.29 is 4.42 Å². The van der Waals surface area contributed by atoms with Crippen LogP contribution in [0.4, 0.5) is 5.69 Å². The van der Waals surface area contributed by atoms with Crippen molar-refractivity contribution >= 4 is 5.69 Å². The van der Waals surface area contributed by atoms with Gasteiger partial charge in [-0.15, -0.1) is 10.2 Å². The molecule has 1 aromatic carbocycles. The number of rotatable bonds is 4. The van der Waals surface area contributed by atoms with Gasteiger partial charge in [0.25, 0.3) is 0 Å². The molecule has 0 amide bonds. The van der Waals surface area contributed by atoms with E-state index in [9.17, 15) is 0 Å². The third-order valence-electron chi connectivity index (χ3n) is 2.88. The summed E-state index contributed by atoms with van der Waals surface area (Å²) in [4.78, 5) is 0. The summed E-state index contributed by atoms with van der Waals surface area (Å²) in [6.07, 6.45) is 3.37. The summed E-state index contributed by atoms with van der Waals surface area (Å²) in [5, 5.41) is 11.3. The number of nitrogens with one attached hydrogen (secondary N) is 1. The average Bonchev–Trinajstić information content (AvgIpc) is 3.08. The molecule has 2 heterocycles. The fraction of sp³-hybridized carbons (Fsp3) is 0.143. The summed E-state index contributed by atoms with van der Waals surface area (Å²) in [5.41, 5.74) is 2.06.